The van der Waals surface area contributed by atoms with Gasteiger partial charge in [-0.1, -0.05) is 108 Å². The zero-order valence-corrected chi connectivity index (χ0v) is 24.9. The number of anilines is 6. The molecule has 0 unspecified atom stereocenters. The molecule has 0 fully saturated rings. The fraction of sp³-hybridized carbons (Fsp3) is 0.211. The highest BCUT2D eigenvalue weighted by Crippen LogP contribution is 2.44. The maximum absolute atomic E-state index is 9.02. The van der Waals surface area contributed by atoms with Crippen molar-refractivity contribution < 1.29 is 1.37 Å². The Balaban J connectivity index is 1.56. The van der Waals surface area contributed by atoms with Crippen LogP contribution in [0, 0.1) is 0 Å². The first-order valence-electron chi connectivity index (χ1n) is 15.2. The zero-order chi connectivity index (χ0) is 29.4. The highest BCUT2D eigenvalue weighted by Gasteiger charge is 2.43. The predicted molar refractivity (Wildman–Crippen MR) is 178 cm³/mol. The first-order valence-corrected chi connectivity index (χ1v) is 14.7. The molecule has 0 spiro atoms. The molecule has 2 aliphatic heterocycles. The van der Waals surface area contributed by atoms with Gasteiger partial charge in [0.05, 0.1) is 1.37 Å². The number of hydrogen-bond acceptors (Lipinski definition) is 2. The third kappa shape index (κ3) is 4.10. The Hall–Kier alpha value is -4.24. The first-order chi connectivity index (χ1) is 20.0. The Morgan fingerprint density at radius 3 is 1.68 bits per heavy atom. The molecule has 5 aromatic rings. The molecule has 0 saturated carbocycles. The van der Waals surface area contributed by atoms with Crippen LogP contribution in [0.1, 0.15) is 54.0 Å². The number of fused-ring (bicyclic) bond motifs is 4. The van der Waals surface area contributed by atoms with Crippen molar-refractivity contribution in [2.75, 3.05) is 9.80 Å². The van der Waals surface area contributed by atoms with Gasteiger partial charge in [0.25, 0.3) is 6.71 Å². The van der Waals surface area contributed by atoms with Gasteiger partial charge in [-0.05, 0) is 86.9 Å². The van der Waals surface area contributed by atoms with Crippen molar-refractivity contribution >= 4 is 57.2 Å². The summed E-state index contributed by atoms with van der Waals surface area (Å²) in [5.74, 6) is 0. The normalized spacial score (nSPS) is 14.3. The van der Waals surface area contributed by atoms with E-state index < -0.39 is 0 Å². The highest BCUT2D eigenvalue weighted by atomic mass is 15.2. The maximum atomic E-state index is 9.02. The van der Waals surface area contributed by atoms with Crippen LogP contribution in [0.3, 0.4) is 0 Å². The average molecular weight is 534 g/mol. The molecule has 3 heteroatoms. The molecule has 0 aromatic heterocycles. The van der Waals surface area contributed by atoms with E-state index in [9.17, 15) is 0 Å². The largest absolute Gasteiger partial charge is 0.311 e. The second kappa shape index (κ2) is 9.14. The third-order valence-corrected chi connectivity index (χ3v) is 8.70. The summed E-state index contributed by atoms with van der Waals surface area (Å²) in [6.45, 7) is 13.7. The summed E-state index contributed by atoms with van der Waals surface area (Å²) in [5, 5.41) is 0. The molecule has 0 amide bonds. The molecular formula is C38H37BN2. The molecule has 0 saturated heterocycles. The molecular weight excluding hydrogens is 495 g/mol. The molecule has 0 N–H and O–H groups in total. The van der Waals surface area contributed by atoms with E-state index in [4.69, 9.17) is 1.37 Å². The molecule has 7 rings (SSSR count). The number of hydrogen-bond donors (Lipinski definition) is 0. The van der Waals surface area contributed by atoms with E-state index in [1.807, 2.05) is 6.07 Å². The van der Waals surface area contributed by atoms with Crippen molar-refractivity contribution in [2.24, 2.45) is 0 Å². The summed E-state index contributed by atoms with van der Waals surface area (Å²) in [7, 11) is 0. The Bertz CT molecular complexity index is 1810. The first kappa shape index (κ1) is 24.6. The van der Waals surface area contributed by atoms with Crippen molar-refractivity contribution in [3.63, 3.8) is 0 Å². The molecule has 41 heavy (non-hydrogen) atoms. The Morgan fingerprint density at radius 1 is 0.512 bits per heavy atom. The lowest BCUT2D eigenvalue weighted by Gasteiger charge is -2.44. The second-order valence-corrected chi connectivity index (χ2v) is 13.5. The summed E-state index contributed by atoms with van der Waals surface area (Å²) in [5.41, 5.74) is 13.3. The summed E-state index contributed by atoms with van der Waals surface area (Å²) in [4.78, 5) is 4.74. The summed E-state index contributed by atoms with van der Waals surface area (Å²) >= 11 is 0. The van der Waals surface area contributed by atoms with Crippen LogP contribution < -0.4 is 26.2 Å². The summed E-state index contributed by atoms with van der Waals surface area (Å²) in [6, 6.07) is 40.0. The Kier molecular flexibility index (Phi) is 5.47. The van der Waals surface area contributed by atoms with Gasteiger partial charge in [0, 0.05) is 34.1 Å². The molecule has 2 heterocycles. The highest BCUT2D eigenvalue weighted by molar-refractivity contribution is 7.00. The molecule has 0 atom stereocenters. The van der Waals surface area contributed by atoms with E-state index >= 15 is 0 Å². The van der Waals surface area contributed by atoms with Crippen LogP contribution in [-0.2, 0) is 10.8 Å². The zero-order valence-electron chi connectivity index (χ0n) is 25.9. The summed E-state index contributed by atoms with van der Waals surface area (Å²) < 4.78 is 9.02. The number of para-hydroxylation sites is 2. The molecule has 2 aliphatic rings. The number of nitrogens with zero attached hydrogens (tertiary/aromatic N) is 2. The van der Waals surface area contributed by atoms with Crippen LogP contribution in [0.15, 0.2) is 115 Å². The summed E-state index contributed by atoms with van der Waals surface area (Å²) in [6.07, 6.45) is 0. The van der Waals surface area contributed by atoms with E-state index in [2.05, 4.69) is 154 Å². The van der Waals surface area contributed by atoms with E-state index in [0.717, 1.165) is 22.7 Å². The maximum Gasteiger partial charge on any atom is 0.252 e. The van der Waals surface area contributed by atoms with Crippen molar-refractivity contribution in [1.82, 2.24) is 0 Å². The van der Waals surface area contributed by atoms with E-state index in [1.165, 1.54) is 38.9 Å². The fourth-order valence-corrected chi connectivity index (χ4v) is 6.53. The molecule has 0 aliphatic carbocycles. The van der Waals surface area contributed by atoms with Crippen LogP contribution in [-0.4, -0.2) is 6.71 Å². The Morgan fingerprint density at radius 2 is 1.05 bits per heavy atom. The van der Waals surface area contributed by atoms with E-state index in [0.29, 0.717) is 6.04 Å². The van der Waals surface area contributed by atoms with Crippen molar-refractivity contribution in [1.29, 1.82) is 0 Å². The minimum atomic E-state index is 0.0205. The van der Waals surface area contributed by atoms with Gasteiger partial charge < -0.3 is 9.80 Å². The SMILES string of the molecule is [2H]c1cc2c3c(c1)N(c1ccc(C(C)(C)C)cc1)c1ccc(C(C)(C)C)cc1B3c1ccccc1N2c1ccccc1. The molecule has 202 valence electrons. The van der Waals surface area contributed by atoms with Crippen LogP contribution in [0.4, 0.5) is 34.1 Å². The lowest BCUT2D eigenvalue weighted by atomic mass is 9.33. The van der Waals surface area contributed by atoms with Gasteiger partial charge in [-0.25, -0.2) is 0 Å². The minimum Gasteiger partial charge on any atom is -0.311 e. The van der Waals surface area contributed by atoms with E-state index in [1.54, 1.807) is 0 Å². The third-order valence-electron chi connectivity index (χ3n) is 8.70. The molecule has 5 aromatic carbocycles. The molecule has 0 bridgehead atoms. The fourth-order valence-electron chi connectivity index (χ4n) is 6.53. The van der Waals surface area contributed by atoms with Gasteiger partial charge >= 0.3 is 0 Å². The topological polar surface area (TPSA) is 6.48 Å². The van der Waals surface area contributed by atoms with E-state index in [-0.39, 0.29) is 17.5 Å². The van der Waals surface area contributed by atoms with Crippen LogP contribution in [0.5, 0.6) is 0 Å². The molecule has 0 radical (unpaired) electrons. The minimum absolute atomic E-state index is 0.0205. The van der Waals surface area contributed by atoms with Gasteiger partial charge in [-0.15, -0.1) is 0 Å². The quantitative estimate of drug-likeness (QED) is 0.206. The van der Waals surface area contributed by atoms with Gasteiger partial charge in [0.15, 0.2) is 0 Å². The van der Waals surface area contributed by atoms with Crippen molar-refractivity contribution in [2.45, 2.75) is 52.4 Å². The second-order valence-electron chi connectivity index (χ2n) is 13.5. The van der Waals surface area contributed by atoms with Crippen molar-refractivity contribution in [3.05, 3.63) is 126 Å². The van der Waals surface area contributed by atoms with Crippen LogP contribution in [0.25, 0.3) is 0 Å². The number of rotatable bonds is 2. The van der Waals surface area contributed by atoms with Crippen LogP contribution >= 0.6 is 0 Å². The average Bonchev–Trinajstić information content (AvgIpc) is 2.96. The molecule has 2 nitrogen and oxygen atoms in total. The van der Waals surface area contributed by atoms with Gasteiger partial charge in [0.1, 0.15) is 0 Å². The lowest BCUT2D eigenvalue weighted by Crippen LogP contribution is -2.61. The lowest BCUT2D eigenvalue weighted by molar-refractivity contribution is 0.590. The van der Waals surface area contributed by atoms with Gasteiger partial charge in [-0.3, -0.25) is 0 Å². The standard InChI is InChI=1S/C38H37BN2/c1-37(2,3)26-19-22-29(23-20-26)41-33-24-21-27(38(4,5)6)25-31(33)39-30-15-10-11-16-32(30)40(28-13-8-7-9-14-28)34-17-12-18-35(41)36(34)39/h7-25H,1-6H3/i12D. The van der Waals surface area contributed by atoms with Crippen LogP contribution in [0.2, 0.25) is 0 Å². The smallest absolute Gasteiger partial charge is 0.252 e. The monoisotopic (exact) mass is 533 g/mol. The van der Waals surface area contributed by atoms with Crippen molar-refractivity contribution in [3.8, 4) is 0 Å². The Labute approximate surface area is 246 Å². The van der Waals surface area contributed by atoms with Gasteiger partial charge in [-0.2, -0.15) is 0 Å². The van der Waals surface area contributed by atoms with Gasteiger partial charge in [0.2, 0.25) is 0 Å². The predicted octanol–water partition coefficient (Wildman–Crippen LogP) is 8.36. The number of benzene rings is 5.